The van der Waals surface area contributed by atoms with Gasteiger partial charge < -0.3 is 29.2 Å². The lowest BCUT2D eigenvalue weighted by Gasteiger charge is -2.38. The SMILES string of the molecule is COc1cccc2c(=O)cc(C(=O)N[C@@H](Cc3ccc(Cl)cc3)C(=O)N3CCN(c4ccccc4CN4CCCC4=O)CC3)oc12. The predicted molar refractivity (Wildman–Crippen MR) is 175 cm³/mol. The Labute approximate surface area is 271 Å². The summed E-state index contributed by atoms with van der Waals surface area (Å²) >= 11 is 6.09. The van der Waals surface area contributed by atoms with Crippen molar-refractivity contribution in [3.8, 4) is 5.75 Å². The van der Waals surface area contributed by atoms with Gasteiger partial charge in [0.2, 0.25) is 11.8 Å². The number of carbonyl (C=O) groups excluding carboxylic acids is 3. The largest absolute Gasteiger partial charge is 0.493 e. The Hall–Kier alpha value is -4.83. The summed E-state index contributed by atoms with van der Waals surface area (Å²) < 4.78 is 11.2. The molecule has 2 aliphatic heterocycles. The monoisotopic (exact) mass is 642 g/mol. The lowest BCUT2D eigenvalue weighted by atomic mass is 10.0. The molecule has 238 valence electrons. The number of likely N-dealkylation sites (tertiary alicyclic amines) is 1. The van der Waals surface area contributed by atoms with Crippen LogP contribution in [0.4, 0.5) is 5.69 Å². The minimum absolute atomic E-state index is 0.161. The van der Waals surface area contributed by atoms with Crippen molar-refractivity contribution in [3.63, 3.8) is 0 Å². The molecule has 1 aromatic heterocycles. The van der Waals surface area contributed by atoms with Gasteiger partial charge in [-0.2, -0.15) is 0 Å². The molecule has 1 atom stereocenters. The molecule has 0 aliphatic carbocycles. The molecule has 0 spiro atoms. The molecule has 3 amide bonds. The average molecular weight is 643 g/mol. The molecule has 0 radical (unpaired) electrons. The Kier molecular flexibility index (Phi) is 9.25. The number of methoxy groups -OCH3 is 1. The summed E-state index contributed by atoms with van der Waals surface area (Å²) in [6, 6.07) is 20.3. The number of halogens is 1. The third-order valence-corrected chi connectivity index (χ3v) is 8.83. The maximum atomic E-state index is 14.0. The van der Waals surface area contributed by atoms with Gasteiger partial charge in [0.25, 0.3) is 5.91 Å². The fourth-order valence-corrected chi connectivity index (χ4v) is 6.25. The molecule has 1 N–H and O–H groups in total. The summed E-state index contributed by atoms with van der Waals surface area (Å²) in [7, 11) is 1.45. The van der Waals surface area contributed by atoms with Crippen LogP contribution in [-0.2, 0) is 22.6 Å². The van der Waals surface area contributed by atoms with Gasteiger partial charge in [0.05, 0.1) is 12.5 Å². The van der Waals surface area contributed by atoms with Crippen LogP contribution in [0.1, 0.15) is 34.5 Å². The third-order valence-electron chi connectivity index (χ3n) is 8.58. The highest BCUT2D eigenvalue weighted by molar-refractivity contribution is 6.30. The summed E-state index contributed by atoms with van der Waals surface area (Å²) in [5.41, 5.74) is 2.72. The number of para-hydroxylation sites is 2. The molecule has 46 heavy (non-hydrogen) atoms. The lowest BCUT2D eigenvalue weighted by molar-refractivity contribution is -0.133. The van der Waals surface area contributed by atoms with Gasteiger partial charge >= 0.3 is 0 Å². The van der Waals surface area contributed by atoms with Crippen molar-refractivity contribution in [2.75, 3.05) is 44.7 Å². The summed E-state index contributed by atoms with van der Waals surface area (Å²) in [4.78, 5) is 58.5. The third kappa shape index (κ3) is 6.72. The van der Waals surface area contributed by atoms with Gasteiger partial charge in [-0.05, 0) is 47.9 Å². The Morgan fingerprint density at radius 2 is 1.72 bits per heavy atom. The number of rotatable bonds is 9. The quantitative estimate of drug-likeness (QED) is 0.290. The van der Waals surface area contributed by atoms with E-state index in [1.807, 2.05) is 29.2 Å². The lowest BCUT2D eigenvalue weighted by Crippen LogP contribution is -2.55. The van der Waals surface area contributed by atoms with E-state index in [4.69, 9.17) is 20.8 Å². The van der Waals surface area contributed by atoms with Crippen LogP contribution in [0, 0.1) is 0 Å². The zero-order valence-electron chi connectivity index (χ0n) is 25.5. The molecule has 2 aliphatic rings. The summed E-state index contributed by atoms with van der Waals surface area (Å²) in [5, 5.41) is 3.68. The number of nitrogens with one attached hydrogen (secondary N) is 1. The highest BCUT2D eigenvalue weighted by Crippen LogP contribution is 2.26. The van der Waals surface area contributed by atoms with Gasteiger partial charge in [-0.15, -0.1) is 0 Å². The van der Waals surface area contributed by atoms with Gasteiger partial charge in [0.1, 0.15) is 6.04 Å². The maximum absolute atomic E-state index is 14.0. The van der Waals surface area contributed by atoms with Crippen LogP contribution in [0.5, 0.6) is 5.75 Å². The second-order valence-electron chi connectivity index (χ2n) is 11.5. The van der Waals surface area contributed by atoms with Crippen molar-refractivity contribution >= 4 is 46.0 Å². The van der Waals surface area contributed by atoms with E-state index in [1.165, 1.54) is 7.11 Å². The van der Waals surface area contributed by atoms with E-state index >= 15 is 0 Å². The molecular formula is C35H35ClN4O6. The number of piperazine rings is 1. The molecule has 3 heterocycles. The van der Waals surface area contributed by atoms with Crippen LogP contribution in [0.3, 0.4) is 0 Å². The molecule has 11 heteroatoms. The summed E-state index contributed by atoms with van der Waals surface area (Å²) in [6.07, 6.45) is 1.70. The smallest absolute Gasteiger partial charge is 0.287 e. The fourth-order valence-electron chi connectivity index (χ4n) is 6.13. The zero-order valence-corrected chi connectivity index (χ0v) is 26.3. The van der Waals surface area contributed by atoms with Crippen LogP contribution >= 0.6 is 11.6 Å². The first-order valence-corrected chi connectivity index (χ1v) is 15.7. The molecule has 2 saturated heterocycles. The minimum atomic E-state index is -0.924. The fraction of sp³-hybridized carbons (Fsp3) is 0.314. The Morgan fingerprint density at radius 3 is 2.43 bits per heavy atom. The van der Waals surface area contributed by atoms with Gasteiger partial charge in [-0.25, -0.2) is 0 Å². The van der Waals surface area contributed by atoms with E-state index in [1.54, 1.807) is 35.2 Å². The van der Waals surface area contributed by atoms with E-state index in [2.05, 4.69) is 22.3 Å². The van der Waals surface area contributed by atoms with Gasteiger partial charge in [0, 0.05) is 68.9 Å². The molecule has 3 aromatic carbocycles. The topological polar surface area (TPSA) is 112 Å². The molecule has 0 saturated carbocycles. The minimum Gasteiger partial charge on any atom is -0.493 e. The number of amides is 3. The zero-order chi connectivity index (χ0) is 32.2. The average Bonchev–Trinajstić information content (AvgIpc) is 3.48. The number of nitrogens with zero attached hydrogens (tertiary/aromatic N) is 3. The van der Waals surface area contributed by atoms with E-state index in [0.717, 1.165) is 35.8 Å². The second-order valence-corrected chi connectivity index (χ2v) is 12.0. The highest BCUT2D eigenvalue weighted by Gasteiger charge is 2.31. The van der Waals surface area contributed by atoms with Crippen molar-refractivity contribution in [3.05, 3.63) is 105 Å². The molecule has 2 fully saturated rings. The van der Waals surface area contributed by atoms with Crippen molar-refractivity contribution in [2.45, 2.75) is 31.8 Å². The number of hydrogen-bond acceptors (Lipinski definition) is 7. The molecule has 6 rings (SSSR count). The van der Waals surface area contributed by atoms with E-state index in [9.17, 15) is 19.2 Å². The second kappa shape index (κ2) is 13.7. The highest BCUT2D eigenvalue weighted by atomic mass is 35.5. The van der Waals surface area contributed by atoms with Crippen LogP contribution in [0.25, 0.3) is 11.0 Å². The number of anilines is 1. The number of carbonyl (C=O) groups is 3. The van der Waals surface area contributed by atoms with E-state index in [0.29, 0.717) is 49.9 Å². The van der Waals surface area contributed by atoms with Crippen LogP contribution < -0.4 is 20.4 Å². The first kappa shape index (κ1) is 31.2. The van der Waals surface area contributed by atoms with Crippen LogP contribution in [0.2, 0.25) is 5.02 Å². The summed E-state index contributed by atoms with van der Waals surface area (Å²) in [6.45, 7) is 3.43. The van der Waals surface area contributed by atoms with Crippen molar-refractivity contribution < 1.29 is 23.5 Å². The van der Waals surface area contributed by atoms with Gasteiger partial charge in [-0.3, -0.25) is 19.2 Å². The number of fused-ring (bicyclic) bond motifs is 1. The standard InChI is InChI=1S/C35H35ClN4O6/c1-45-30-9-4-7-26-29(41)21-31(46-33(26)30)34(43)37-27(20-23-11-13-25(36)14-12-23)35(44)39-18-16-38(17-19-39)28-8-3-2-6-24(28)22-40-15-5-10-32(40)42/h2-4,6-9,11-14,21,27H,5,10,15-20,22H2,1H3,(H,37,43)/t27-/m0/s1. The van der Waals surface area contributed by atoms with Crippen LogP contribution in [-0.4, -0.2) is 73.4 Å². The van der Waals surface area contributed by atoms with Crippen molar-refractivity contribution in [2.24, 2.45) is 0 Å². The van der Waals surface area contributed by atoms with Crippen molar-refractivity contribution in [1.29, 1.82) is 0 Å². The van der Waals surface area contributed by atoms with Gasteiger partial charge in [0.15, 0.2) is 22.5 Å². The van der Waals surface area contributed by atoms with Crippen LogP contribution in [0.15, 0.2) is 82.0 Å². The van der Waals surface area contributed by atoms with Crippen molar-refractivity contribution in [1.82, 2.24) is 15.1 Å². The van der Waals surface area contributed by atoms with E-state index in [-0.39, 0.29) is 35.0 Å². The number of ether oxygens (including phenoxy) is 1. The molecular weight excluding hydrogens is 608 g/mol. The molecule has 10 nitrogen and oxygen atoms in total. The van der Waals surface area contributed by atoms with Gasteiger partial charge in [-0.1, -0.05) is 48.0 Å². The number of hydrogen-bond donors (Lipinski definition) is 1. The Morgan fingerprint density at radius 1 is 0.957 bits per heavy atom. The molecule has 0 unspecified atom stereocenters. The number of benzene rings is 3. The Balaban J connectivity index is 1.19. The maximum Gasteiger partial charge on any atom is 0.287 e. The normalized spacial score (nSPS) is 15.7. The first-order chi connectivity index (χ1) is 22.3. The summed E-state index contributed by atoms with van der Waals surface area (Å²) in [5.74, 6) is -0.625. The predicted octanol–water partition coefficient (Wildman–Crippen LogP) is 4.27. The first-order valence-electron chi connectivity index (χ1n) is 15.4. The van der Waals surface area contributed by atoms with E-state index < -0.39 is 17.4 Å². The molecule has 4 aromatic rings. The Bertz CT molecular complexity index is 1820. The molecule has 0 bridgehead atoms.